The Morgan fingerprint density at radius 2 is 1.77 bits per heavy atom. The van der Waals surface area contributed by atoms with Gasteiger partial charge in [0.2, 0.25) is 11.8 Å². The van der Waals surface area contributed by atoms with Crippen molar-refractivity contribution in [1.82, 2.24) is 9.80 Å². The third kappa shape index (κ3) is 3.29. The summed E-state index contributed by atoms with van der Waals surface area (Å²) in [6.07, 6.45) is 8.75. The summed E-state index contributed by atoms with van der Waals surface area (Å²) in [5.74, 6) is 1.03. The van der Waals surface area contributed by atoms with Crippen LogP contribution in [0.3, 0.4) is 0 Å². The van der Waals surface area contributed by atoms with Crippen molar-refractivity contribution in [3.05, 3.63) is 0 Å². The molecule has 0 radical (unpaired) electrons. The number of rotatable bonds is 3. The maximum atomic E-state index is 12.6. The van der Waals surface area contributed by atoms with E-state index in [0.29, 0.717) is 18.2 Å². The first-order chi connectivity index (χ1) is 10.6. The highest BCUT2D eigenvalue weighted by molar-refractivity contribution is 5.86. The van der Waals surface area contributed by atoms with Gasteiger partial charge in [0.1, 0.15) is 0 Å². The topological polar surface area (TPSA) is 66.6 Å². The van der Waals surface area contributed by atoms with Crippen LogP contribution in [-0.2, 0) is 9.59 Å². The molecule has 0 bridgehead atoms. The average Bonchev–Trinajstić information content (AvgIpc) is 2.98. The Hall–Kier alpha value is -1.10. The summed E-state index contributed by atoms with van der Waals surface area (Å²) >= 11 is 0. The molecule has 2 aliphatic heterocycles. The molecule has 0 atom stereocenters. The van der Waals surface area contributed by atoms with Crippen LogP contribution < -0.4 is 5.73 Å². The number of carbonyl (C=O) groups is 2. The maximum absolute atomic E-state index is 12.6. The second-order valence-electron chi connectivity index (χ2n) is 7.40. The highest BCUT2D eigenvalue weighted by Gasteiger charge is 2.40. The summed E-state index contributed by atoms with van der Waals surface area (Å²) in [6.45, 7) is 3.42. The standard InChI is InChI=1S/C17H29N3O2/c18-17(8-2-3-9-17)16(22)19-11-6-14(7-12-19)13-20-10-4-1-5-15(20)21/h14H,1-13,18H2. The fraction of sp³-hybridized carbons (Fsp3) is 0.882. The van der Waals surface area contributed by atoms with E-state index in [4.69, 9.17) is 5.73 Å². The number of hydrogen-bond donors (Lipinski definition) is 1. The summed E-state index contributed by atoms with van der Waals surface area (Å²) in [5, 5.41) is 0. The van der Waals surface area contributed by atoms with E-state index in [1.54, 1.807) is 0 Å². The average molecular weight is 307 g/mol. The summed E-state index contributed by atoms with van der Waals surface area (Å²) in [6, 6.07) is 0. The SMILES string of the molecule is NC1(C(=O)N2CCC(CN3CCCCC3=O)CC2)CCCC1. The van der Waals surface area contributed by atoms with Crippen molar-refractivity contribution in [2.24, 2.45) is 11.7 Å². The zero-order valence-electron chi connectivity index (χ0n) is 13.6. The zero-order chi connectivity index (χ0) is 15.6. The van der Waals surface area contributed by atoms with E-state index in [1.807, 2.05) is 9.80 Å². The molecule has 0 aromatic carbocycles. The quantitative estimate of drug-likeness (QED) is 0.859. The molecule has 0 spiro atoms. The number of hydrogen-bond acceptors (Lipinski definition) is 3. The highest BCUT2D eigenvalue weighted by atomic mass is 16.2. The van der Waals surface area contributed by atoms with Crippen LogP contribution in [0.4, 0.5) is 0 Å². The molecule has 1 aliphatic carbocycles. The number of carbonyl (C=O) groups excluding carboxylic acids is 2. The van der Waals surface area contributed by atoms with E-state index in [-0.39, 0.29) is 5.91 Å². The van der Waals surface area contributed by atoms with Gasteiger partial charge in [0, 0.05) is 32.6 Å². The van der Waals surface area contributed by atoms with Crippen LogP contribution >= 0.6 is 0 Å². The molecule has 0 aromatic rings. The van der Waals surface area contributed by atoms with Crippen molar-refractivity contribution in [3.63, 3.8) is 0 Å². The predicted molar refractivity (Wildman–Crippen MR) is 85.1 cm³/mol. The lowest BCUT2D eigenvalue weighted by atomic mass is 9.91. The van der Waals surface area contributed by atoms with Gasteiger partial charge in [-0.05, 0) is 44.4 Å². The van der Waals surface area contributed by atoms with Gasteiger partial charge in [0.25, 0.3) is 0 Å². The van der Waals surface area contributed by atoms with Gasteiger partial charge in [0.15, 0.2) is 0 Å². The molecule has 3 rings (SSSR count). The van der Waals surface area contributed by atoms with Crippen molar-refractivity contribution >= 4 is 11.8 Å². The Labute approximate surface area is 133 Å². The Morgan fingerprint density at radius 3 is 2.41 bits per heavy atom. The second kappa shape index (κ2) is 6.57. The van der Waals surface area contributed by atoms with Gasteiger partial charge < -0.3 is 15.5 Å². The minimum Gasteiger partial charge on any atom is -0.342 e. The molecule has 124 valence electrons. The van der Waals surface area contributed by atoms with E-state index >= 15 is 0 Å². The van der Waals surface area contributed by atoms with Gasteiger partial charge >= 0.3 is 0 Å². The van der Waals surface area contributed by atoms with E-state index < -0.39 is 5.54 Å². The Morgan fingerprint density at radius 1 is 1.09 bits per heavy atom. The molecule has 5 nitrogen and oxygen atoms in total. The largest absolute Gasteiger partial charge is 0.342 e. The lowest BCUT2D eigenvalue weighted by molar-refractivity contribution is -0.139. The van der Waals surface area contributed by atoms with Gasteiger partial charge in [-0.3, -0.25) is 9.59 Å². The molecular formula is C17H29N3O2. The summed E-state index contributed by atoms with van der Waals surface area (Å²) in [5.41, 5.74) is 5.70. The Kier molecular flexibility index (Phi) is 4.71. The first kappa shape index (κ1) is 15.8. The molecule has 5 heteroatoms. The van der Waals surface area contributed by atoms with E-state index in [2.05, 4.69) is 0 Å². The molecule has 2 heterocycles. The van der Waals surface area contributed by atoms with Crippen LogP contribution in [0.25, 0.3) is 0 Å². The van der Waals surface area contributed by atoms with Crippen LogP contribution in [0.5, 0.6) is 0 Å². The molecule has 3 fully saturated rings. The maximum Gasteiger partial charge on any atom is 0.242 e. The molecule has 22 heavy (non-hydrogen) atoms. The third-order valence-electron chi connectivity index (χ3n) is 5.72. The molecule has 2 amide bonds. The highest BCUT2D eigenvalue weighted by Crippen LogP contribution is 2.30. The Bertz CT molecular complexity index is 424. The Balaban J connectivity index is 1.48. The van der Waals surface area contributed by atoms with Crippen molar-refractivity contribution < 1.29 is 9.59 Å². The molecule has 1 saturated carbocycles. The summed E-state index contributed by atoms with van der Waals surface area (Å²) in [7, 11) is 0. The number of likely N-dealkylation sites (tertiary alicyclic amines) is 2. The number of amides is 2. The smallest absolute Gasteiger partial charge is 0.242 e. The number of nitrogens with zero attached hydrogens (tertiary/aromatic N) is 2. The minimum absolute atomic E-state index is 0.164. The molecule has 2 N–H and O–H groups in total. The van der Waals surface area contributed by atoms with Crippen molar-refractivity contribution in [3.8, 4) is 0 Å². The zero-order valence-corrected chi connectivity index (χ0v) is 13.6. The van der Waals surface area contributed by atoms with Gasteiger partial charge in [-0.2, -0.15) is 0 Å². The monoisotopic (exact) mass is 307 g/mol. The molecule has 2 saturated heterocycles. The van der Waals surface area contributed by atoms with Crippen LogP contribution in [0, 0.1) is 5.92 Å². The van der Waals surface area contributed by atoms with Gasteiger partial charge in [-0.1, -0.05) is 12.8 Å². The van der Waals surface area contributed by atoms with Crippen LogP contribution in [0.2, 0.25) is 0 Å². The molecular weight excluding hydrogens is 278 g/mol. The van der Waals surface area contributed by atoms with Crippen LogP contribution in [0.1, 0.15) is 57.8 Å². The summed E-state index contributed by atoms with van der Waals surface area (Å²) in [4.78, 5) is 28.5. The first-order valence-corrected chi connectivity index (χ1v) is 8.94. The third-order valence-corrected chi connectivity index (χ3v) is 5.72. The van der Waals surface area contributed by atoms with Gasteiger partial charge in [-0.15, -0.1) is 0 Å². The lowest BCUT2D eigenvalue weighted by Crippen LogP contribution is -2.55. The van der Waals surface area contributed by atoms with Crippen LogP contribution in [-0.4, -0.2) is 53.3 Å². The fourth-order valence-corrected chi connectivity index (χ4v) is 4.22. The number of piperidine rings is 2. The number of nitrogens with two attached hydrogens (primary N) is 1. The predicted octanol–water partition coefficient (Wildman–Crippen LogP) is 1.51. The second-order valence-corrected chi connectivity index (χ2v) is 7.40. The molecule has 0 aromatic heterocycles. The summed E-state index contributed by atoms with van der Waals surface area (Å²) < 4.78 is 0. The minimum atomic E-state index is -0.588. The van der Waals surface area contributed by atoms with Crippen molar-refractivity contribution in [2.45, 2.75) is 63.3 Å². The molecule has 0 unspecified atom stereocenters. The van der Waals surface area contributed by atoms with Crippen molar-refractivity contribution in [2.75, 3.05) is 26.2 Å². The molecule has 3 aliphatic rings. The van der Waals surface area contributed by atoms with Crippen molar-refractivity contribution in [1.29, 1.82) is 0 Å². The van der Waals surface area contributed by atoms with Gasteiger partial charge in [0.05, 0.1) is 5.54 Å². The lowest BCUT2D eigenvalue weighted by Gasteiger charge is -2.38. The van der Waals surface area contributed by atoms with Crippen LogP contribution in [0.15, 0.2) is 0 Å². The van der Waals surface area contributed by atoms with E-state index in [9.17, 15) is 9.59 Å². The first-order valence-electron chi connectivity index (χ1n) is 8.94. The van der Waals surface area contributed by atoms with Gasteiger partial charge in [-0.25, -0.2) is 0 Å². The normalized spacial score (nSPS) is 26.5. The van der Waals surface area contributed by atoms with E-state index in [0.717, 1.165) is 77.5 Å². The fourth-order valence-electron chi connectivity index (χ4n) is 4.22. The van der Waals surface area contributed by atoms with E-state index in [1.165, 1.54) is 0 Å².